The SMILES string of the molecule is O=C(NC1CC1)C1CCCN1C(=O)c1cn[nH]n1. The summed E-state index contributed by atoms with van der Waals surface area (Å²) in [5.41, 5.74) is 0.265. The van der Waals surface area contributed by atoms with Gasteiger partial charge < -0.3 is 10.2 Å². The van der Waals surface area contributed by atoms with Gasteiger partial charge in [-0.2, -0.15) is 15.4 Å². The average molecular weight is 249 g/mol. The van der Waals surface area contributed by atoms with Gasteiger partial charge >= 0.3 is 0 Å². The van der Waals surface area contributed by atoms with Crippen LogP contribution in [0.4, 0.5) is 0 Å². The molecule has 2 fully saturated rings. The second kappa shape index (κ2) is 4.40. The normalized spacial score (nSPS) is 23.1. The van der Waals surface area contributed by atoms with Crippen molar-refractivity contribution in [3.05, 3.63) is 11.9 Å². The van der Waals surface area contributed by atoms with Crippen LogP contribution in [0.1, 0.15) is 36.2 Å². The Morgan fingerprint density at radius 2 is 2.22 bits per heavy atom. The molecule has 2 aliphatic rings. The molecule has 7 heteroatoms. The van der Waals surface area contributed by atoms with Gasteiger partial charge in [0.1, 0.15) is 6.04 Å². The second-order valence-electron chi connectivity index (χ2n) is 4.79. The highest BCUT2D eigenvalue weighted by atomic mass is 16.2. The standard InChI is InChI=1S/C11H15N5O2/c17-10(13-7-3-4-7)9-2-1-5-16(9)11(18)8-6-12-15-14-8/h6-7,9H,1-5H2,(H,13,17)(H,12,14,15). The highest BCUT2D eigenvalue weighted by Gasteiger charge is 2.37. The summed E-state index contributed by atoms with van der Waals surface area (Å²) in [6.45, 7) is 0.606. The number of hydrogen-bond acceptors (Lipinski definition) is 4. The molecule has 2 N–H and O–H groups in total. The average Bonchev–Trinajstić information content (AvgIpc) is 2.91. The molecule has 1 saturated carbocycles. The van der Waals surface area contributed by atoms with Crippen LogP contribution in [0.3, 0.4) is 0 Å². The molecule has 1 aliphatic carbocycles. The van der Waals surface area contributed by atoms with E-state index >= 15 is 0 Å². The van der Waals surface area contributed by atoms with E-state index in [-0.39, 0.29) is 23.6 Å². The molecule has 0 radical (unpaired) electrons. The van der Waals surface area contributed by atoms with Gasteiger partial charge in [-0.1, -0.05) is 0 Å². The van der Waals surface area contributed by atoms with Crippen molar-refractivity contribution >= 4 is 11.8 Å². The maximum Gasteiger partial charge on any atom is 0.276 e. The second-order valence-corrected chi connectivity index (χ2v) is 4.79. The largest absolute Gasteiger partial charge is 0.352 e. The van der Waals surface area contributed by atoms with E-state index in [9.17, 15) is 9.59 Å². The topological polar surface area (TPSA) is 91.0 Å². The number of hydrogen-bond donors (Lipinski definition) is 2. The van der Waals surface area contributed by atoms with E-state index in [1.807, 2.05) is 0 Å². The zero-order valence-corrected chi connectivity index (χ0v) is 9.93. The number of aromatic nitrogens is 3. The van der Waals surface area contributed by atoms with Crippen LogP contribution in [-0.2, 0) is 4.79 Å². The van der Waals surface area contributed by atoms with Crippen LogP contribution >= 0.6 is 0 Å². The van der Waals surface area contributed by atoms with Crippen molar-refractivity contribution < 1.29 is 9.59 Å². The van der Waals surface area contributed by atoms with Crippen molar-refractivity contribution in [3.63, 3.8) is 0 Å². The first kappa shape index (κ1) is 11.2. The zero-order chi connectivity index (χ0) is 12.5. The minimum absolute atomic E-state index is 0.0353. The van der Waals surface area contributed by atoms with Crippen molar-refractivity contribution in [1.29, 1.82) is 0 Å². The summed E-state index contributed by atoms with van der Waals surface area (Å²) >= 11 is 0. The summed E-state index contributed by atoms with van der Waals surface area (Å²) in [4.78, 5) is 25.8. The van der Waals surface area contributed by atoms with E-state index in [1.54, 1.807) is 4.90 Å². The number of carbonyl (C=O) groups excluding carboxylic acids is 2. The van der Waals surface area contributed by atoms with Crippen molar-refractivity contribution in [1.82, 2.24) is 25.6 Å². The molecule has 0 spiro atoms. The fraction of sp³-hybridized carbons (Fsp3) is 0.636. The fourth-order valence-electron chi connectivity index (χ4n) is 2.26. The quantitative estimate of drug-likeness (QED) is 0.768. The number of amides is 2. The fourth-order valence-corrected chi connectivity index (χ4v) is 2.26. The van der Waals surface area contributed by atoms with Crippen LogP contribution in [0.15, 0.2) is 6.20 Å². The van der Waals surface area contributed by atoms with Gasteiger partial charge in [0.2, 0.25) is 5.91 Å². The molecule has 1 aromatic heterocycles. The summed E-state index contributed by atoms with van der Waals surface area (Å²) in [6.07, 6.45) is 5.07. The highest BCUT2D eigenvalue weighted by molar-refractivity contribution is 5.96. The van der Waals surface area contributed by atoms with Crippen molar-refractivity contribution in [2.24, 2.45) is 0 Å². The molecule has 7 nitrogen and oxygen atoms in total. The molecule has 0 bridgehead atoms. The first-order valence-corrected chi connectivity index (χ1v) is 6.23. The minimum atomic E-state index is -0.352. The number of likely N-dealkylation sites (tertiary alicyclic amines) is 1. The van der Waals surface area contributed by atoms with E-state index in [4.69, 9.17) is 0 Å². The van der Waals surface area contributed by atoms with Gasteiger partial charge in [0.15, 0.2) is 5.69 Å². The first-order chi connectivity index (χ1) is 8.75. The Kier molecular flexibility index (Phi) is 2.73. The van der Waals surface area contributed by atoms with Gasteiger partial charge in [-0.3, -0.25) is 9.59 Å². The zero-order valence-electron chi connectivity index (χ0n) is 9.93. The van der Waals surface area contributed by atoms with Gasteiger partial charge in [-0.15, -0.1) is 0 Å². The van der Waals surface area contributed by atoms with Gasteiger partial charge in [0, 0.05) is 12.6 Å². The Morgan fingerprint density at radius 1 is 1.39 bits per heavy atom. The van der Waals surface area contributed by atoms with E-state index in [0.29, 0.717) is 12.6 Å². The molecule has 1 aromatic rings. The maximum absolute atomic E-state index is 12.1. The summed E-state index contributed by atoms with van der Waals surface area (Å²) in [5.74, 6) is -0.260. The van der Waals surface area contributed by atoms with Crippen molar-refractivity contribution in [3.8, 4) is 0 Å². The van der Waals surface area contributed by atoms with Gasteiger partial charge in [0.05, 0.1) is 6.20 Å². The lowest BCUT2D eigenvalue weighted by molar-refractivity contribution is -0.125. The molecule has 96 valence electrons. The smallest absolute Gasteiger partial charge is 0.276 e. The molecular weight excluding hydrogens is 234 g/mol. The lowest BCUT2D eigenvalue weighted by Crippen LogP contribution is -2.46. The maximum atomic E-state index is 12.1. The van der Waals surface area contributed by atoms with Crippen LogP contribution in [-0.4, -0.2) is 50.8 Å². The summed E-state index contributed by atoms with van der Waals surface area (Å²) in [7, 11) is 0. The van der Waals surface area contributed by atoms with E-state index in [2.05, 4.69) is 20.7 Å². The third kappa shape index (κ3) is 2.07. The monoisotopic (exact) mass is 249 g/mol. The Balaban J connectivity index is 1.70. The van der Waals surface area contributed by atoms with E-state index < -0.39 is 0 Å². The highest BCUT2D eigenvalue weighted by Crippen LogP contribution is 2.23. The third-order valence-electron chi connectivity index (χ3n) is 3.37. The van der Waals surface area contributed by atoms with Crippen LogP contribution in [0.2, 0.25) is 0 Å². The molecule has 1 atom stereocenters. The number of nitrogens with zero attached hydrogens (tertiary/aromatic N) is 3. The third-order valence-corrected chi connectivity index (χ3v) is 3.37. The molecule has 0 aromatic carbocycles. The summed E-state index contributed by atoms with van der Waals surface area (Å²) in [6, 6.07) is -0.0306. The molecular formula is C11H15N5O2. The number of rotatable bonds is 3. The van der Waals surface area contributed by atoms with E-state index in [1.165, 1.54) is 6.20 Å². The lowest BCUT2D eigenvalue weighted by atomic mass is 10.2. The molecule has 18 heavy (non-hydrogen) atoms. The van der Waals surface area contributed by atoms with Gasteiger partial charge in [-0.05, 0) is 25.7 Å². The van der Waals surface area contributed by atoms with Crippen LogP contribution in [0, 0.1) is 0 Å². The van der Waals surface area contributed by atoms with Gasteiger partial charge in [-0.25, -0.2) is 0 Å². The Bertz CT molecular complexity index is 454. The molecule has 2 heterocycles. The van der Waals surface area contributed by atoms with E-state index in [0.717, 1.165) is 25.7 Å². The predicted octanol–water partition coefficient (Wildman–Crippen LogP) is -0.312. The number of nitrogens with one attached hydrogen (secondary N) is 2. The van der Waals surface area contributed by atoms with Crippen LogP contribution in [0.5, 0.6) is 0 Å². The number of H-pyrrole nitrogens is 1. The summed E-state index contributed by atoms with van der Waals surface area (Å²) in [5, 5.41) is 12.7. The van der Waals surface area contributed by atoms with Crippen LogP contribution in [0.25, 0.3) is 0 Å². The lowest BCUT2D eigenvalue weighted by Gasteiger charge is -2.22. The predicted molar refractivity (Wildman–Crippen MR) is 61.6 cm³/mol. The molecule has 2 amide bonds. The minimum Gasteiger partial charge on any atom is -0.352 e. The van der Waals surface area contributed by atoms with Gasteiger partial charge in [0.25, 0.3) is 5.91 Å². The molecule has 1 unspecified atom stereocenters. The molecule has 1 saturated heterocycles. The molecule has 3 rings (SSSR count). The number of carbonyl (C=O) groups is 2. The summed E-state index contributed by atoms with van der Waals surface area (Å²) < 4.78 is 0. The number of aromatic amines is 1. The van der Waals surface area contributed by atoms with Crippen LogP contribution < -0.4 is 5.32 Å². The van der Waals surface area contributed by atoms with Crippen molar-refractivity contribution in [2.75, 3.05) is 6.54 Å². The Morgan fingerprint density at radius 3 is 2.89 bits per heavy atom. The Hall–Kier alpha value is -1.92. The first-order valence-electron chi connectivity index (χ1n) is 6.23. The Labute approximate surface area is 104 Å². The molecule has 1 aliphatic heterocycles. The van der Waals surface area contributed by atoms with Crippen molar-refractivity contribution in [2.45, 2.75) is 37.8 Å².